The Bertz CT molecular complexity index is 517. The van der Waals surface area contributed by atoms with E-state index in [4.69, 9.17) is 17.3 Å². The molecule has 3 N–H and O–H groups in total. The van der Waals surface area contributed by atoms with Crippen LogP contribution in [0, 0.1) is 17.8 Å². The Morgan fingerprint density at radius 3 is 2.74 bits per heavy atom. The minimum absolute atomic E-state index is 0.219. The maximum atomic E-state index is 11.7. The number of halogens is 1. The Hall–Kier alpha value is -1.22. The van der Waals surface area contributed by atoms with Crippen LogP contribution in [0.3, 0.4) is 0 Å². The number of anilines is 1. The van der Waals surface area contributed by atoms with Crippen LogP contribution in [-0.2, 0) is 4.79 Å². The van der Waals surface area contributed by atoms with Crippen LogP contribution in [0.1, 0.15) is 37.2 Å². The molecular weight excluding hydrogens is 262 g/mol. The van der Waals surface area contributed by atoms with Crippen LogP contribution in [0.2, 0.25) is 5.02 Å². The largest absolute Gasteiger partial charge is 0.481 e. The van der Waals surface area contributed by atoms with Crippen molar-refractivity contribution in [2.45, 2.75) is 31.6 Å². The molecule has 0 aromatic heterocycles. The number of carboxylic acids is 1. The third-order valence-electron chi connectivity index (χ3n) is 4.87. The monoisotopic (exact) mass is 279 g/mol. The van der Waals surface area contributed by atoms with Crippen LogP contribution in [0.5, 0.6) is 0 Å². The first kappa shape index (κ1) is 12.8. The summed E-state index contributed by atoms with van der Waals surface area (Å²) in [4.78, 5) is 11.7. The highest BCUT2D eigenvalue weighted by atomic mass is 35.5. The Morgan fingerprint density at radius 2 is 2.16 bits per heavy atom. The average molecular weight is 280 g/mol. The van der Waals surface area contributed by atoms with E-state index >= 15 is 0 Å². The highest BCUT2D eigenvalue weighted by molar-refractivity contribution is 6.30. The van der Waals surface area contributed by atoms with Crippen LogP contribution in [0.4, 0.5) is 5.69 Å². The molecule has 2 fully saturated rings. The lowest BCUT2D eigenvalue weighted by atomic mass is 9.76. The number of rotatable bonds is 3. The van der Waals surface area contributed by atoms with Crippen molar-refractivity contribution in [3.05, 3.63) is 28.8 Å². The second-order valence-corrected chi connectivity index (χ2v) is 6.36. The van der Waals surface area contributed by atoms with Crippen molar-refractivity contribution in [3.8, 4) is 0 Å². The topological polar surface area (TPSA) is 63.3 Å². The summed E-state index contributed by atoms with van der Waals surface area (Å²) in [5.41, 5.74) is 7.21. The van der Waals surface area contributed by atoms with Gasteiger partial charge < -0.3 is 10.8 Å². The molecular formula is C15H18ClNO2. The van der Waals surface area contributed by atoms with Gasteiger partial charge in [0.05, 0.1) is 5.92 Å². The predicted octanol–water partition coefficient (Wildman–Crippen LogP) is 3.53. The lowest BCUT2D eigenvalue weighted by Gasteiger charge is -2.28. The highest BCUT2D eigenvalue weighted by Gasteiger charge is 2.46. The van der Waals surface area contributed by atoms with Crippen LogP contribution in [0.25, 0.3) is 0 Å². The van der Waals surface area contributed by atoms with Crippen LogP contribution < -0.4 is 5.73 Å². The van der Waals surface area contributed by atoms with E-state index in [1.165, 1.54) is 19.3 Å². The molecule has 1 aromatic carbocycles. The minimum atomic E-state index is -0.772. The zero-order valence-corrected chi connectivity index (χ0v) is 11.4. The summed E-state index contributed by atoms with van der Waals surface area (Å²) in [7, 11) is 0. The van der Waals surface area contributed by atoms with Gasteiger partial charge in [0.2, 0.25) is 0 Å². The fourth-order valence-electron chi connectivity index (χ4n) is 4.06. The molecule has 0 saturated heterocycles. The summed E-state index contributed by atoms with van der Waals surface area (Å²) in [6.45, 7) is 0. The molecule has 0 aliphatic heterocycles. The van der Waals surface area contributed by atoms with Crippen molar-refractivity contribution in [1.29, 1.82) is 0 Å². The molecule has 3 rings (SSSR count). The molecule has 2 saturated carbocycles. The lowest BCUT2D eigenvalue weighted by Crippen LogP contribution is -2.26. The molecule has 3 nitrogen and oxygen atoms in total. The molecule has 2 bridgehead atoms. The molecule has 0 amide bonds. The minimum Gasteiger partial charge on any atom is -0.481 e. The molecule has 0 spiro atoms. The molecule has 0 heterocycles. The Labute approximate surface area is 117 Å². The Kier molecular flexibility index (Phi) is 3.17. The third-order valence-corrected chi connectivity index (χ3v) is 5.11. The van der Waals surface area contributed by atoms with E-state index in [1.54, 1.807) is 18.2 Å². The summed E-state index contributed by atoms with van der Waals surface area (Å²) < 4.78 is 0. The molecule has 2 aliphatic carbocycles. The number of nitrogen functional groups attached to an aromatic ring is 1. The standard InChI is InChI=1S/C15H18ClNO2/c16-10-3-4-13(17)12(7-10)14(15(18)19)11-6-8-1-2-9(11)5-8/h3-4,7-9,11,14H,1-2,5-6,17H2,(H,18,19). The van der Waals surface area contributed by atoms with Gasteiger partial charge in [0.15, 0.2) is 0 Å². The van der Waals surface area contributed by atoms with Gasteiger partial charge in [-0.3, -0.25) is 4.79 Å². The maximum absolute atomic E-state index is 11.7. The zero-order valence-electron chi connectivity index (χ0n) is 10.7. The number of carboxylic acid groups (broad SMARTS) is 1. The van der Waals surface area contributed by atoms with Crippen molar-refractivity contribution in [3.63, 3.8) is 0 Å². The van der Waals surface area contributed by atoms with Crippen molar-refractivity contribution in [1.82, 2.24) is 0 Å². The molecule has 0 radical (unpaired) electrons. The van der Waals surface area contributed by atoms with E-state index in [-0.39, 0.29) is 5.92 Å². The SMILES string of the molecule is Nc1ccc(Cl)cc1C(C(=O)O)C1CC2CCC1C2. The lowest BCUT2D eigenvalue weighted by molar-refractivity contribution is -0.140. The van der Waals surface area contributed by atoms with Crippen molar-refractivity contribution in [2.24, 2.45) is 17.8 Å². The number of carbonyl (C=O) groups is 1. The smallest absolute Gasteiger partial charge is 0.311 e. The second kappa shape index (κ2) is 4.71. The Morgan fingerprint density at radius 1 is 1.37 bits per heavy atom. The molecule has 102 valence electrons. The molecule has 1 aromatic rings. The van der Waals surface area contributed by atoms with Crippen molar-refractivity contribution in [2.75, 3.05) is 5.73 Å². The second-order valence-electron chi connectivity index (χ2n) is 5.93. The van der Waals surface area contributed by atoms with Crippen LogP contribution in [0.15, 0.2) is 18.2 Å². The van der Waals surface area contributed by atoms with Gasteiger partial charge in [-0.2, -0.15) is 0 Å². The summed E-state index contributed by atoms with van der Waals surface area (Å²) >= 11 is 6.00. The molecule has 4 unspecified atom stereocenters. The molecule has 4 atom stereocenters. The van der Waals surface area contributed by atoms with Gasteiger partial charge in [-0.05, 0) is 60.8 Å². The first-order valence-corrected chi connectivity index (χ1v) is 7.21. The van der Waals surface area contributed by atoms with Gasteiger partial charge in [0.1, 0.15) is 0 Å². The van der Waals surface area contributed by atoms with Gasteiger partial charge >= 0.3 is 5.97 Å². The number of hydrogen-bond acceptors (Lipinski definition) is 2. The van der Waals surface area contributed by atoms with Gasteiger partial charge in [-0.25, -0.2) is 0 Å². The van der Waals surface area contributed by atoms with E-state index < -0.39 is 11.9 Å². The van der Waals surface area contributed by atoms with Gasteiger partial charge in [0, 0.05) is 10.7 Å². The fourth-order valence-corrected chi connectivity index (χ4v) is 4.24. The summed E-state index contributed by atoms with van der Waals surface area (Å²) in [5, 5.41) is 10.2. The number of aliphatic carboxylic acids is 1. The normalized spacial score (nSPS) is 30.5. The summed E-state index contributed by atoms with van der Waals surface area (Å²) in [6, 6.07) is 5.14. The van der Waals surface area contributed by atoms with E-state index in [2.05, 4.69) is 0 Å². The van der Waals surface area contributed by atoms with Gasteiger partial charge in [-0.15, -0.1) is 0 Å². The Balaban J connectivity index is 1.97. The quantitative estimate of drug-likeness (QED) is 0.832. The first-order valence-electron chi connectivity index (χ1n) is 6.84. The number of nitrogens with two attached hydrogens (primary N) is 1. The third kappa shape index (κ3) is 2.20. The zero-order chi connectivity index (χ0) is 13.6. The summed E-state index contributed by atoms with van der Waals surface area (Å²) in [6.07, 6.45) is 4.64. The summed E-state index contributed by atoms with van der Waals surface area (Å²) in [5.74, 6) is 0.208. The van der Waals surface area contributed by atoms with E-state index in [9.17, 15) is 9.90 Å². The predicted molar refractivity (Wildman–Crippen MR) is 75.2 cm³/mol. The maximum Gasteiger partial charge on any atom is 0.311 e. The number of fused-ring (bicyclic) bond motifs is 2. The van der Waals surface area contributed by atoms with Crippen LogP contribution in [-0.4, -0.2) is 11.1 Å². The number of benzene rings is 1. The fraction of sp³-hybridized carbons (Fsp3) is 0.533. The average Bonchev–Trinajstić information content (AvgIpc) is 2.96. The van der Waals surface area contributed by atoms with Crippen molar-refractivity contribution < 1.29 is 9.90 Å². The highest BCUT2D eigenvalue weighted by Crippen LogP contribution is 2.53. The van der Waals surface area contributed by atoms with Crippen LogP contribution >= 0.6 is 11.6 Å². The van der Waals surface area contributed by atoms with E-state index in [0.717, 1.165) is 12.3 Å². The van der Waals surface area contributed by atoms with E-state index in [1.807, 2.05) is 0 Å². The number of hydrogen-bond donors (Lipinski definition) is 2. The van der Waals surface area contributed by atoms with Gasteiger partial charge in [0.25, 0.3) is 0 Å². The molecule has 2 aliphatic rings. The van der Waals surface area contributed by atoms with Gasteiger partial charge in [-0.1, -0.05) is 18.0 Å². The van der Waals surface area contributed by atoms with E-state index in [0.29, 0.717) is 22.2 Å². The first-order chi connectivity index (χ1) is 9.06. The molecule has 19 heavy (non-hydrogen) atoms. The molecule has 4 heteroatoms. The van der Waals surface area contributed by atoms with Crippen molar-refractivity contribution >= 4 is 23.3 Å².